The first-order chi connectivity index (χ1) is 19.3. The Morgan fingerprint density at radius 3 is 2.17 bits per heavy atom. The number of benzene rings is 3. The smallest absolute Gasteiger partial charge is 0.170 e. The first-order valence-electron chi connectivity index (χ1n) is 13.3. The second kappa shape index (κ2) is 12.8. The van der Waals surface area contributed by atoms with Gasteiger partial charge >= 0.3 is 0 Å². The molecule has 0 amide bonds. The maximum absolute atomic E-state index is 13.7. The molecule has 1 atom stereocenters. The minimum absolute atomic E-state index is 0.0745. The van der Waals surface area contributed by atoms with Crippen LogP contribution in [0.25, 0.3) is 0 Å². The number of nitriles is 1. The number of likely N-dealkylation sites (tertiary alicyclic amines) is 1. The molecule has 1 fully saturated rings. The Bertz CT molecular complexity index is 1340. The molecule has 1 aliphatic heterocycles. The highest BCUT2D eigenvalue weighted by molar-refractivity contribution is 6.07. The standard InChI is InChI=1S/C32H32F2N2O4/c1-22(37)18-29(38)23-4-13-30(31(19-23)39-2)40-17-3-15-36-16-14-26(20-36)32(21-35,24-5-9-27(33)10-6-24)25-7-11-28(34)12-8-25/h4-13,19,26H,3,14-18,20H2,1-2H3. The van der Waals surface area contributed by atoms with Crippen LogP contribution in [0, 0.1) is 28.9 Å². The predicted octanol–water partition coefficient (Wildman–Crippen LogP) is 5.74. The van der Waals surface area contributed by atoms with Gasteiger partial charge in [-0.15, -0.1) is 0 Å². The molecule has 1 saturated heterocycles. The van der Waals surface area contributed by atoms with Gasteiger partial charge in [-0.25, -0.2) is 8.78 Å². The van der Waals surface area contributed by atoms with E-state index in [2.05, 4.69) is 11.0 Å². The first kappa shape index (κ1) is 28.9. The van der Waals surface area contributed by atoms with Crippen LogP contribution in [0.4, 0.5) is 8.78 Å². The van der Waals surface area contributed by atoms with Crippen molar-refractivity contribution in [2.45, 2.75) is 31.6 Å². The zero-order chi connectivity index (χ0) is 28.7. The number of methoxy groups -OCH3 is 1. The highest BCUT2D eigenvalue weighted by Crippen LogP contribution is 2.43. The molecule has 0 saturated carbocycles. The van der Waals surface area contributed by atoms with Crippen LogP contribution in [-0.2, 0) is 10.2 Å². The molecule has 0 spiro atoms. The fourth-order valence-corrected chi connectivity index (χ4v) is 5.43. The highest BCUT2D eigenvalue weighted by Gasteiger charge is 2.45. The van der Waals surface area contributed by atoms with E-state index in [1.54, 1.807) is 42.5 Å². The lowest BCUT2D eigenvalue weighted by atomic mass is 9.66. The van der Waals surface area contributed by atoms with Crippen LogP contribution in [-0.4, -0.2) is 49.8 Å². The molecule has 0 bridgehead atoms. The fraction of sp³-hybridized carbons (Fsp3) is 0.344. The molecule has 1 heterocycles. The zero-order valence-corrected chi connectivity index (χ0v) is 22.7. The van der Waals surface area contributed by atoms with E-state index in [0.717, 1.165) is 19.5 Å². The highest BCUT2D eigenvalue weighted by atomic mass is 19.1. The average molecular weight is 547 g/mol. The maximum atomic E-state index is 13.7. The van der Waals surface area contributed by atoms with Crippen LogP contribution < -0.4 is 9.47 Å². The van der Waals surface area contributed by atoms with Gasteiger partial charge in [-0.1, -0.05) is 24.3 Å². The van der Waals surface area contributed by atoms with Gasteiger partial charge in [0, 0.05) is 18.7 Å². The number of carbonyl (C=O) groups is 2. The van der Waals surface area contributed by atoms with Crippen LogP contribution in [0.1, 0.15) is 47.7 Å². The van der Waals surface area contributed by atoms with Crippen molar-refractivity contribution in [1.82, 2.24) is 4.90 Å². The van der Waals surface area contributed by atoms with E-state index in [9.17, 15) is 23.6 Å². The lowest BCUT2D eigenvalue weighted by Gasteiger charge is -2.34. The lowest BCUT2D eigenvalue weighted by molar-refractivity contribution is -0.116. The van der Waals surface area contributed by atoms with E-state index < -0.39 is 5.41 Å². The third-order valence-electron chi connectivity index (χ3n) is 7.43. The monoisotopic (exact) mass is 546 g/mol. The summed E-state index contributed by atoms with van der Waals surface area (Å²) < 4.78 is 38.8. The van der Waals surface area contributed by atoms with Gasteiger partial charge < -0.3 is 14.4 Å². The summed E-state index contributed by atoms with van der Waals surface area (Å²) in [5, 5.41) is 10.5. The van der Waals surface area contributed by atoms with Crippen LogP contribution in [0.2, 0.25) is 0 Å². The molecule has 0 aliphatic carbocycles. The minimum Gasteiger partial charge on any atom is -0.493 e. The molecular weight excluding hydrogens is 514 g/mol. The Morgan fingerprint density at radius 1 is 1.00 bits per heavy atom. The lowest BCUT2D eigenvalue weighted by Crippen LogP contribution is -2.37. The van der Waals surface area contributed by atoms with Crippen LogP contribution in [0.15, 0.2) is 66.7 Å². The molecule has 208 valence electrons. The van der Waals surface area contributed by atoms with Gasteiger partial charge in [0.05, 0.1) is 26.2 Å². The van der Waals surface area contributed by atoms with Crippen molar-refractivity contribution in [2.24, 2.45) is 5.92 Å². The summed E-state index contributed by atoms with van der Waals surface area (Å²) in [6.07, 6.45) is 1.32. The van der Waals surface area contributed by atoms with E-state index in [1.807, 2.05) is 0 Å². The molecular formula is C32H32F2N2O4. The van der Waals surface area contributed by atoms with Gasteiger partial charge in [-0.2, -0.15) is 5.26 Å². The second-order valence-electron chi connectivity index (χ2n) is 10.1. The molecule has 4 rings (SSSR count). The summed E-state index contributed by atoms with van der Waals surface area (Å²) in [6.45, 7) is 3.96. The minimum atomic E-state index is -1.04. The number of Topliss-reactive ketones (excluding diaryl/α,β-unsaturated/α-hetero) is 2. The number of nitrogens with zero attached hydrogens (tertiary/aromatic N) is 2. The molecule has 0 N–H and O–H groups in total. The number of ether oxygens (including phenoxy) is 2. The molecule has 3 aromatic carbocycles. The van der Waals surface area contributed by atoms with Crippen LogP contribution >= 0.6 is 0 Å². The molecule has 3 aromatic rings. The molecule has 40 heavy (non-hydrogen) atoms. The molecule has 0 radical (unpaired) electrons. The van der Waals surface area contributed by atoms with Crippen molar-refractivity contribution in [2.75, 3.05) is 33.4 Å². The van der Waals surface area contributed by atoms with Gasteiger partial charge in [0.1, 0.15) is 22.8 Å². The van der Waals surface area contributed by atoms with E-state index in [1.165, 1.54) is 38.3 Å². The third-order valence-corrected chi connectivity index (χ3v) is 7.43. The van der Waals surface area contributed by atoms with Crippen molar-refractivity contribution in [3.05, 3.63) is 95.1 Å². The zero-order valence-electron chi connectivity index (χ0n) is 22.7. The third kappa shape index (κ3) is 6.37. The van der Waals surface area contributed by atoms with Gasteiger partial charge in [-0.3, -0.25) is 9.59 Å². The quantitative estimate of drug-likeness (QED) is 0.164. The second-order valence-corrected chi connectivity index (χ2v) is 10.1. The number of halogens is 2. The summed E-state index contributed by atoms with van der Waals surface area (Å²) in [7, 11) is 1.50. The van der Waals surface area contributed by atoms with Crippen molar-refractivity contribution in [3.8, 4) is 17.6 Å². The number of ketones is 2. The molecule has 1 unspecified atom stereocenters. The van der Waals surface area contributed by atoms with Crippen LogP contribution in [0.5, 0.6) is 11.5 Å². The number of rotatable bonds is 12. The summed E-state index contributed by atoms with van der Waals surface area (Å²) in [6, 6.07) is 19.4. The topological polar surface area (TPSA) is 79.6 Å². The van der Waals surface area contributed by atoms with Crippen molar-refractivity contribution in [3.63, 3.8) is 0 Å². The van der Waals surface area contributed by atoms with Crippen molar-refractivity contribution in [1.29, 1.82) is 5.26 Å². The van der Waals surface area contributed by atoms with E-state index in [-0.39, 0.29) is 35.5 Å². The maximum Gasteiger partial charge on any atom is 0.170 e. The normalized spacial score (nSPS) is 15.4. The fourth-order valence-electron chi connectivity index (χ4n) is 5.43. The molecule has 1 aliphatic rings. The number of hydrogen-bond acceptors (Lipinski definition) is 6. The van der Waals surface area contributed by atoms with Crippen molar-refractivity contribution >= 4 is 11.6 Å². The Balaban J connectivity index is 1.40. The number of carbonyl (C=O) groups excluding carboxylic acids is 2. The van der Waals surface area contributed by atoms with Crippen molar-refractivity contribution < 1.29 is 27.8 Å². The van der Waals surface area contributed by atoms with Gasteiger partial charge in [0.2, 0.25) is 0 Å². The van der Waals surface area contributed by atoms with Gasteiger partial charge in [0.25, 0.3) is 0 Å². The first-order valence-corrected chi connectivity index (χ1v) is 13.3. The summed E-state index contributed by atoms with van der Waals surface area (Å²) in [4.78, 5) is 25.7. The summed E-state index contributed by atoms with van der Waals surface area (Å²) in [5.41, 5.74) is 0.735. The predicted molar refractivity (Wildman–Crippen MR) is 146 cm³/mol. The molecule has 0 aromatic heterocycles. The Morgan fingerprint density at radius 2 is 1.62 bits per heavy atom. The number of hydrogen-bond donors (Lipinski definition) is 0. The van der Waals surface area contributed by atoms with Crippen LogP contribution in [0.3, 0.4) is 0 Å². The SMILES string of the molecule is COc1cc(C(=O)CC(C)=O)ccc1OCCCN1CCC(C(C#N)(c2ccc(F)cc2)c2ccc(F)cc2)C1. The van der Waals surface area contributed by atoms with Gasteiger partial charge in [0.15, 0.2) is 17.3 Å². The largest absolute Gasteiger partial charge is 0.493 e. The van der Waals surface area contributed by atoms with E-state index in [4.69, 9.17) is 9.47 Å². The Kier molecular flexibility index (Phi) is 9.28. The summed E-state index contributed by atoms with van der Waals surface area (Å²) in [5.74, 6) is -0.361. The van der Waals surface area contributed by atoms with E-state index in [0.29, 0.717) is 47.8 Å². The Hall–Kier alpha value is -4.09. The van der Waals surface area contributed by atoms with E-state index >= 15 is 0 Å². The summed E-state index contributed by atoms with van der Waals surface area (Å²) >= 11 is 0. The Labute approximate surface area is 233 Å². The molecule has 8 heteroatoms. The average Bonchev–Trinajstić information content (AvgIpc) is 3.42. The molecule has 6 nitrogen and oxygen atoms in total. The van der Waals surface area contributed by atoms with Gasteiger partial charge in [-0.05, 0) is 85.8 Å².